The van der Waals surface area contributed by atoms with Crippen LogP contribution >= 0.6 is 0 Å². The van der Waals surface area contributed by atoms with E-state index in [0.717, 1.165) is 19.5 Å². The first-order chi connectivity index (χ1) is 6.36. The fraction of sp³-hybridized carbons (Fsp3) is 0.667. The second-order valence-electron chi connectivity index (χ2n) is 2.90. The van der Waals surface area contributed by atoms with Gasteiger partial charge in [-0.3, -0.25) is 4.79 Å². The zero-order valence-electron chi connectivity index (χ0n) is 6.95. The first kappa shape index (κ1) is 8.11. The van der Waals surface area contributed by atoms with Crippen LogP contribution in [0, 0.1) is 0 Å². The van der Waals surface area contributed by atoms with Gasteiger partial charge in [-0.15, -0.1) is 10.2 Å². The van der Waals surface area contributed by atoms with Crippen molar-refractivity contribution in [2.45, 2.75) is 12.5 Å². The van der Waals surface area contributed by atoms with Gasteiger partial charge in [-0.2, -0.15) is 5.21 Å². The lowest BCUT2D eigenvalue weighted by molar-refractivity contribution is 0.0929. The van der Waals surface area contributed by atoms with Gasteiger partial charge in [0, 0.05) is 12.6 Å². The van der Waals surface area contributed by atoms with E-state index < -0.39 is 0 Å². The Kier molecular flexibility index (Phi) is 2.17. The van der Waals surface area contributed by atoms with Gasteiger partial charge in [-0.05, 0) is 18.2 Å². The molecule has 1 aliphatic heterocycles. The first-order valence-corrected chi connectivity index (χ1v) is 4.11. The van der Waals surface area contributed by atoms with Crippen LogP contribution < -0.4 is 10.6 Å². The smallest absolute Gasteiger partial charge is 0.293 e. The Hall–Kier alpha value is -1.50. The van der Waals surface area contributed by atoms with Crippen LogP contribution in [-0.4, -0.2) is 45.7 Å². The molecule has 0 radical (unpaired) electrons. The number of amides is 1. The zero-order chi connectivity index (χ0) is 9.10. The standard InChI is InChI=1S/C6H10N6O/c13-6(5-9-11-12-10-5)8-4-1-2-7-3-4/h4,7H,1-3H2,(H,8,13)(H,9,10,11,12)/t4-/m1/s1. The van der Waals surface area contributed by atoms with Crippen LogP contribution in [0.15, 0.2) is 0 Å². The van der Waals surface area contributed by atoms with Crippen LogP contribution in [0.5, 0.6) is 0 Å². The lowest BCUT2D eigenvalue weighted by Crippen LogP contribution is -2.36. The fourth-order valence-electron chi connectivity index (χ4n) is 1.29. The van der Waals surface area contributed by atoms with E-state index in [-0.39, 0.29) is 17.8 Å². The number of hydrogen-bond donors (Lipinski definition) is 3. The molecule has 0 saturated carbocycles. The molecule has 0 aliphatic carbocycles. The third-order valence-electron chi connectivity index (χ3n) is 1.94. The molecule has 0 spiro atoms. The molecule has 1 amide bonds. The van der Waals surface area contributed by atoms with Crippen LogP contribution in [0.2, 0.25) is 0 Å². The van der Waals surface area contributed by atoms with Gasteiger partial charge >= 0.3 is 0 Å². The number of tetrazole rings is 1. The predicted molar refractivity (Wildman–Crippen MR) is 42.9 cm³/mol. The molecule has 1 atom stereocenters. The summed E-state index contributed by atoms with van der Waals surface area (Å²) in [6.07, 6.45) is 0.948. The van der Waals surface area contributed by atoms with Crippen molar-refractivity contribution in [1.29, 1.82) is 0 Å². The first-order valence-electron chi connectivity index (χ1n) is 4.11. The van der Waals surface area contributed by atoms with Gasteiger partial charge in [0.05, 0.1) is 0 Å². The molecule has 1 aromatic rings. The van der Waals surface area contributed by atoms with Crippen molar-refractivity contribution >= 4 is 5.91 Å². The summed E-state index contributed by atoms with van der Waals surface area (Å²) in [7, 11) is 0. The number of hydrogen-bond acceptors (Lipinski definition) is 5. The molecule has 1 aliphatic rings. The van der Waals surface area contributed by atoms with Gasteiger partial charge in [-0.25, -0.2) is 0 Å². The largest absolute Gasteiger partial charge is 0.345 e. The summed E-state index contributed by atoms with van der Waals surface area (Å²) in [5.41, 5.74) is 0. The van der Waals surface area contributed by atoms with E-state index in [4.69, 9.17) is 0 Å². The average molecular weight is 182 g/mol. The van der Waals surface area contributed by atoms with E-state index in [9.17, 15) is 4.79 Å². The van der Waals surface area contributed by atoms with Gasteiger partial charge in [0.2, 0.25) is 0 Å². The van der Waals surface area contributed by atoms with Gasteiger partial charge < -0.3 is 10.6 Å². The van der Waals surface area contributed by atoms with Crippen LogP contribution in [0.1, 0.15) is 17.0 Å². The number of nitrogens with one attached hydrogen (secondary N) is 3. The molecule has 7 nitrogen and oxygen atoms in total. The molecule has 70 valence electrons. The molecule has 1 saturated heterocycles. The fourth-order valence-corrected chi connectivity index (χ4v) is 1.29. The lowest BCUT2D eigenvalue weighted by Gasteiger charge is -2.07. The summed E-state index contributed by atoms with van der Waals surface area (Å²) >= 11 is 0. The van der Waals surface area contributed by atoms with E-state index >= 15 is 0 Å². The van der Waals surface area contributed by atoms with Crippen molar-refractivity contribution < 1.29 is 4.79 Å². The van der Waals surface area contributed by atoms with Crippen molar-refractivity contribution in [3.05, 3.63) is 5.82 Å². The van der Waals surface area contributed by atoms with Crippen molar-refractivity contribution in [3.8, 4) is 0 Å². The molecule has 13 heavy (non-hydrogen) atoms. The van der Waals surface area contributed by atoms with Gasteiger partial charge in [-0.1, -0.05) is 0 Å². The van der Waals surface area contributed by atoms with Crippen molar-refractivity contribution in [2.24, 2.45) is 0 Å². The topological polar surface area (TPSA) is 95.6 Å². The maximum Gasteiger partial charge on any atom is 0.293 e. The third kappa shape index (κ3) is 1.81. The third-order valence-corrected chi connectivity index (χ3v) is 1.94. The predicted octanol–water partition coefficient (Wildman–Crippen LogP) is -1.71. The number of aromatic nitrogens is 4. The Bertz CT molecular complexity index is 277. The Balaban J connectivity index is 1.91. The molecule has 0 unspecified atom stereocenters. The Labute approximate surface area is 74.3 Å². The molecule has 2 rings (SSSR count). The molecule has 0 bridgehead atoms. The number of H-pyrrole nitrogens is 1. The van der Waals surface area contributed by atoms with Gasteiger partial charge in [0.25, 0.3) is 11.7 Å². The van der Waals surface area contributed by atoms with E-state index in [1.165, 1.54) is 0 Å². The Morgan fingerprint density at radius 1 is 1.62 bits per heavy atom. The molecule has 3 N–H and O–H groups in total. The van der Waals surface area contributed by atoms with Crippen molar-refractivity contribution in [3.63, 3.8) is 0 Å². The van der Waals surface area contributed by atoms with Crippen LogP contribution in [0.3, 0.4) is 0 Å². The summed E-state index contributed by atoms with van der Waals surface area (Å²) in [5, 5.41) is 18.6. The van der Waals surface area contributed by atoms with Crippen molar-refractivity contribution in [2.75, 3.05) is 13.1 Å². The summed E-state index contributed by atoms with van der Waals surface area (Å²) in [6, 6.07) is 0.186. The van der Waals surface area contributed by atoms with Gasteiger partial charge in [0.15, 0.2) is 0 Å². The summed E-state index contributed by atoms with van der Waals surface area (Å²) in [5.74, 6) is -0.186. The minimum atomic E-state index is -0.276. The summed E-state index contributed by atoms with van der Waals surface area (Å²) in [4.78, 5) is 11.3. The van der Waals surface area contributed by atoms with Crippen LogP contribution in [0.4, 0.5) is 0 Å². The quantitative estimate of drug-likeness (QED) is 0.506. The minimum absolute atomic E-state index is 0.0897. The molecular formula is C6H10N6O. The summed E-state index contributed by atoms with van der Waals surface area (Å²) < 4.78 is 0. The average Bonchev–Trinajstić information content (AvgIpc) is 2.74. The number of nitrogens with zero attached hydrogens (tertiary/aromatic N) is 3. The van der Waals surface area contributed by atoms with E-state index in [2.05, 4.69) is 31.3 Å². The Morgan fingerprint density at radius 2 is 2.54 bits per heavy atom. The molecular weight excluding hydrogens is 172 g/mol. The molecule has 1 fully saturated rings. The van der Waals surface area contributed by atoms with Crippen LogP contribution in [-0.2, 0) is 0 Å². The number of aromatic amines is 1. The SMILES string of the molecule is O=C(N[C@@H]1CCNC1)c1nn[nH]n1. The highest BCUT2D eigenvalue weighted by molar-refractivity contribution is 5.90. The van der Waals surface area contributed by atoms with Crippen molar-refractivity contribution in [1.82, 2.24) is 31.3 Å². The Morgan fingerprint density at radius 3 is 3.15 bits per heavy atom. The minimum Gasteiger partial charge on any atom is -0.345 e. The second-order valence-corrected chi connectivity index (χ2v) is 2.90. The maximum absolute atomic E-state index is 11.3. The van der Waals surface area contributed by atoms with Gasteiger partial charge in [0.1, 0.15) is 0 Å². The maximum atomic E-state index is 11.3. The highest BCUT2D eigenvalue weighted by Crippen LogP contribution is 1.97. The monoisotopic (exact) mass is 182 g/mol. The van der Waals surface area contributed by atoms with E-state index in [1.807, 2.05) is 0 Å². The molecule has 2 heterocycles. The second kappa shape index (κ2) is 3.48. The number of carbonyl (C=O) groups excluding carboxylic acids is 1. The summed E-state index contributed by atoms with van der Waals surface area (Å²) in [6.45, 7) is 1.75. The highest BCUT2D eigenvalue weighted by Gasteiger charge is 2.19. The molecule has 0 aromatic carbocycles. The number of rotatable bonds is 2. The lowest BCUT2D eigenvalue weighted by atomic mass is 10.2. The zero-order valence-corrected chi connectivity index (χ0v) is 6.95. The number of carbonyl (C=O) groups is 1. The molecule has 1 aromatic heterocycles. The van der Waals surface area contributed by atoms with Crippen LogP contribution in [0.25, 0.3) is 0 Å². The highest BCUT2D eigenvalue weighted by atomic mass is 16.2. The van der Waals surface area contributed by atoms with E-state index in [1.54, 1.807) is 0 Å². The molecule has 7 heteroatoms. The van der Waals surface area contributed by atoms with E-state index in [0.29, 0.717) is 0 Å². The normalized spacial score (nSPS) is 21.7.